The summed E-state index contributed by atoms with van der Waals surface area (Å²) >= 11 is 6.14. The first-order valence-electron chi connectivity index (χ1n) is 19.5. The minimum atomic E-state index is -0.326. The predicted octanol–water partition coefficient (Wildman–Crippen LogP) is 7.31. The number of amides is 2. The van der Waals surface area contributed by atoms with Crippen LogP contribution in [0.15, 0.2) is 79.0 Å². The number of aromatic nitrogens is 1. The average Bonchev–Trinajstić information content (AvgIpc) is 3.23. The van der Waals surface area contributed by atoms with Gasteiger partial charge in [0.25, 0.3) is 5.91 Å². The Kier molecular flexibility index (Phi) is 11.9. The second kappa shape index (κ2) is 17.0. The minimum Gasteiger partial charge on any atom is -0.497 e. The second-order valence-electron chi connectivity index (χ2n) is 15.4. The van der Waals surface area contributed by atoms with E-state index in [-0.39, 0.29) is 53.9 Å². The van der Waals surface area contributed by atoms with Crippen molar-refractivity contribution in [2.45, 2.75) is 76.7 Å². The molecule has 3 unspecified atom stereocenters. The quantitative estimate of drug-likeness (QED) is 0.124. The number of aryl methyl sites for hydroxylation is 1. The largest absolute Gasteiger partial charge is 0.497 e. The van der Waals surface area contributed by atoms with E-state index in [2.05, 4.69) is 78.2 Å². The van der Waals surface area contributed by atoms with Gasteiger partial charge in [-0.05, 0) is 133 Å². The smallest absolute Gasteiger partial charge is 0.299 e. The van der Waals surface area contributed by atoms with E-state index < -0.39 is 0 Å². The summed E-state index contributed by atoms with van der Waals surface area (Å²) in [5.74, 6) is 3.81. The summed E-state index contributed by atoms with van der Waals surface area (Å²) in [6, 6.07) is 24.2. The number of halogens is 1. The molecule has 0 bridgehead atoms. The molecule has 292 valence electrons. The van der Waals surface area contributed by atoms with E-state index in [1.54, 1.807) is 20.4 Å². The summed E-state index contributed by atoms with van der Waals surface area (Å²) in [6.45, 7) is 8.43. The number of morpholine rings is 1. The average molecular weight is 775 g/mol. The molecule has 3 aliphatic rings. The Bertz CT molecular complexity index is 2100. The highest BCUT2D eigenvalue weighted by molar-refractivity contribution is 6.27. The predicted molar refractivity (Wildman–Crippen MR) is 219 cm³/mol. The molecule has 1 fully saturated rings. The van der Waals surface area contributed by atoms with Crippen molar-refractivity contribution in [2.75, 3.05) is 44.7 Å². The van der Waals surface area contributed by atoms with Gasteiger partial charge in [0.05, 0.1) is 39.0 Å². The Labute approximate surface area is 335 Å². The molecule has 9 nitrogen and oxygen atoms in total. The van der Waals surface area contributed by atoms with Gasteiger partial charge in [-0.3, -0.25) is 14.6 Å². The zero-order chi connectivity index (χ0) is 39.5. The van der Waals surface area contributed by atoms with Crippen LogP contribution in [0.4, 0.5) is 5.69 Å². The van der Waals surface area contributed by atoms with Crippen molar-refractivity contribution in [3.63, 3.8) is 0 Å². The number of terminal acetylenes is 1. The molecule has 6 atom stereocenters. The van der Waals surface area contributed by atoms with Crippen molar-refractivity contribution in [1.29, 1.82) is 0 Å². The van der Waals surface area contributed by atoms with E-state index in [0.29, 0.717) is 13.0 Å². The van der Waals surface area contributed by atoms with Crippen LogP contribution < -0.4 is 14.4 Å². The first-order valence-corrected chi connectivity index (χ1v) is 20.1. The standard InChI is InChI=1S/C46H51ClN4O5/c1-7-43(52)51-37(24-35-26-39(55-6)15-17-41(35)46(51)33-18-19-48-30(3)22-33)11-8-29(2)42-28-49(20-21-56-42)36-12-9-32(10-13-36)45-40-16-14-38(54-5)25-34(40)23-31(4)50(45)44(53)27-47/h1,9-10,12-19,22,25-26,29,31,37,42,45-46H,8,11,20-21,23-24,27-28H2,2-6H3/t29?,31-,37-,42?,45-,46?/m0/s1. The molecule has 10 heteroatoms. The van der Waals surface area contributed by atoms with Crippen molar-refractivity contribution >= 4 is 29.1 Å². The topological polar surface area (TPSA) is 84.4 Å². The number of hydrogen-bond acceptors (Lipinski definition) is 7. The van der Waals surface area contributed by atoms with Crippen molar-refractivity contribution in [3.8, 4) is 23.8 Å². The van der Waals surface area contributed by atoms with Crippen LogP contribution in [-0.2, 0) is 27.2 Å². The van der Waals surface area contributed by atoms with E-state index in [4.69, 9.17) is 32.2 Å². The normalized spacial score (nSPS) is 22.4. The summed E-state index contributed by atoms with van der Waals surface area (Å²) in [5.41, 5.74) is 8.53. The fourth-order valence-corrected chi connectivity index (χ4v) is 9.22. The maximum atomic E-state index is 13.6. The molecular formula is C46H51ClN4O5. The van der Waals surface area contributed by atoms with E-state index in [9.17, 15) is 9.59 Å². The number of rotatable bonds is 10. The third kappa shape index (κ3) is 7.83. The monoisotopic (exact) mass is 774 g/mol. The number of pyridine rings is 1. The van der Waals surface area contributed by atoms with Gasteiger partial charge >= 0.3 is 0 Å². The van der Waals surface area contributed by atoms with Gasteiger partial charge in [0.2, 0.25) is 5.91 Å². The summed E-state index contributed by atoms with van der Waals surface area (Å²) in [5, 5.41) is 0. The molecule has 3 aliphatic heterocycles. The number of carbonyl (C=O) groups is 2. The number of benzene rings is 3. The van der Waals surface area contributed by atoms with Crippen molar-refractivity contribution in [3.05, 3.63) is 118 Å². The Morgan fingerprint density at radius 3 is 2.21 bits per heavy atom. The van der Waals surface area contributed by atoms with Crippen LogP contribution in [0, 0.1) is 25.2 Å². The summed E-state index contributed by atoms with van der Waals surface area (Å²) in [7, 11) is 3.35. The van der Waals surface area contributed by atoms with Gasteiger partial charge in [-0.1, -0.05) is 31.2 Å². The molecule has 0 radical (unpaired) electrons. The van der Waals surface area contributed by atoms with Crippen LogP contribution in [0.3, 0.4) is 0 Å². The molecule has 56 heavy (non-hydrogen) atoms. The van der Waals surface area contributed by atoms with Gasteiger partial charge in [0, 0.05) is 42.8 Å². The van der Waals surface area contributed by atoms with Crippen molar-refractivity contribution < 1.29 is 23.8 Å². The molecule has 4 heterocycles. The summed E-state index contributed by atoms with van der Waals surface area (Å²) in [4.78, 5) is 37.5. The number of anilines is 1. The lowest BCUT2D eigenvalue weighted by Gasteiger charge is -2.44. The van der Waals surface area contributed by atoms with Crippen LogP contribution in [0.25, 0.3) is 0 Å². The molecule has 1 aromatic heterocycles. The van der Waals surface area contributed by atoms with E-state index >= 15 is 0 Å². The van der Waals surface area contributed by atoms with E-state index in [1.165, 1.54) is 5.56 Å². The number of fused-ring (bicyclic) bond motifs is 2. The zero-order valence-corrected chi connectivity index (χ0v) is 33.7. The van der Waals surface area contributed by atoms with Gasteiger partial charge in [0.1, 0.15) is 17.4 Å². The van der Waals surface area contributed by atoms with Gasteiger partial charge in [-0.15, -0.1) is 18.0 Å². The minimum absolute atomic E-state index is 0.00714. The Morgan fingerprint density at radius 1 is 0.929 bits per heavy atom. The highest BCUT2D eigenvalue weighted by Gasteiger charge is 2.40. The van der Waals surface area contributed by atoms with Gasteiger partial charge in [0.15, 0.2) is 0 Å². The lowest BCUT2D eigenvalue weighted by atomic mass is 9.82. The fraction of sp³-hybridized carbons (Fsp3) is 0.413. The fourth-order valence-electron chi connectivity index (χ4n) is 9.08. The third-order valence-corrected chi connectivity index (χ3v) is 12.2. The lowest BCUT2D eigenvalue weighted by Crippen LogP contribution is -2.48. The summed E-state index contributed by atoms with van der Waals surface area (Å²) in [6.07, 6.45) is 10.7. The zero-order valence-electron chi connectivity index (χ0n) is 32.9. The number of methoxy groups -OCH3 is 2. The van der Waals surface area contributed by atoms with Crippen LogP contribution in [-0.4, -0.2) is 84.6 Å². The molecule has 0 N–H and O–H groups in total. The molecule has 0 saturated carbocycles. The second-order valence-corrected chi connectivity index (χ2v) is 15.6. The summed E-state index contributed by atoms with van der Waals surface area (Å²) < 4.78 is 17.5. The van der Waals surface area contributed by atoms with Crippen LogP contribution in [0.5, 0.6) is 11.5 Å². The number of nitrogens with zero attached hydrogens (tertiary/aromatic N) is 4. The van der Waals surface area contributed by atoms with Crippen molar-refractivity contribution in [2.24, 2.45) is 5.92 Å². The van der Waals surface area contributed by atoms with Gasteiger partial charge < -0.3 is 28.9 Å². The number of carbonyl (C=O) groups excluding carboxylic acids is 2. The molecule has 1 saturated heterocycles. The number of ether oxygens (including phenoxy) is 3. The van der Waals surface area contributed by atoms with Crippen LogP contribution >= 0.6 is 11.6 Å². The van der Waals surface area contributed by atoms with Gasteiger partial charge in [-0.2, -0.15) is 0 Å². The third-order valence-electron chi connectivity index (χ3n) is 11.9. The van der Waals surface area contributed by atoms with E-state index in [1.807, 2.05) is 41.0 Å². The molecule has 4 aromatic rings. The first kappa shape index (κ1) is 39.2. The molecule has 2 amide bonds. The molecule has 7 rings (SSSR count). The molecule has 0 aliphatic carbocycles. The SMILES string of the molecule is C#CC(=O)N1C(c2ccnc(C)c2)c2ccc(OC)cc2C[C@@H]1CCC(C)C1CN(c2ccc([C@H]3c4ccc(OC)cc4C[C@H](C)N3C(=O)CCl)cc2)CCO1. The first-order chi connectivity index (χ1) is 27.1. The van der Waals surface area contributed by atoms with Crippen LogP contribution in [0.1, 0.15) is 77.8 Å². The molecule has 0 spiro atoms. The van der Waals surface area contributed by atoms with Gasteiger partial charge in [-0.25, -0.2) is 0 Å². The number of alkyl halides is 1. The van der Waals surface area contributed by atoms with Crippen molar-refractivity contribution in [1.82, 2.24) is 14.8 Å². The van der Waals surface area contributed by atoms with E-state index in [0.717, 1.165) is 83.0 Å². The highest BCUT2D eigenvalue weighted by atomic mass is 35.5. The lowest BCUT2D eigenvalue weighted by molar-refractivity contribution is -0.133. The maximum Gasteiger partial charge on any atom is 0.299 e. The molecular weight excluding hydrogens is 724 g/mol. The highest BCUT2D eigenvalue weighted by Crippen LogP contribution is 2.42. The Hall–Kier alpha value is -5.04. The Balaban J connectivity index is 1.08. The van der Waals surface area contributed by atoms with Crippen LogP contribution in [0.2, 0.25) is 0 Å². The Morgan fingerprint density at radius 2 is 1.59 bits per heavy atom. The number of hydrogen-bond donors (Lipinski definition) is 0. The molecule has 3 aromatic carbocycles. The maximum absolute atomic E-state index is 13.6.